The summed E-state index contributed by atoms with van der Waals surface area (Å²) in [6.45, 7) is 4.83. The van der Waals surface area contributed by atoms with Crippen LogP contribution in [0.4, 0.5) is 0 Å². The zero-order valence-corrected chi connectivity index (χ0v) is 11.9. The van der Waals surface area contributed by atoms with Gasteiger partial charge in [0, 0.05) is 6.54 Å². The molecule has 1 aliphatic rings. The molecule has 1 aromatic heterocycles. The summed E-state index contributed by atoms with van der Waals surface area (Å²) in [7, 11) is -3.52. The Balaban J connectivity index is 2.38. The Bertz CT molecular complexity index is 512. The summed E-state index contributed by atoms with van der Waals surface area (Å²) in [5.41, 5.74) is -0.548. The summed E-state index contributed by atoms with van der Waals surface area (Å²) < 4.78 is 32.0. The van der Waals surface area contributed by atoms with Crippen molar-refractivity contribution in [1.29, 1.82) is 0 Å². The van der Waals surface area contributed by atoms with Crippen LogP contribution in [0, 0.1) is 0 Å². The SMILES string of the molecule is CC1(C)COCCN1S(=O)(=O)c1cnc(Cl)s1. The van der Waals surface area contributed by atoms with Crippen LogP contribution in [0.2, 0.25) is 4.47 Å². The van der Waals surface area contributed by atoms with Crippen LogP contribution in [0.1, 0.15) is 13.8 Å². The number of rotatable bonds is 2. The quantitative estimate of drug-likeness (QED) is 0.832. The van der Waals surface area contributed by atoms with E-state index in [0.29, 0.717) is 19.8 Å². The zero-order chi connectivity index (χ0) is 12.7. The maximum atomic E-state index is 12.4. The molecule has 0 spiro atoms. The average molecular weight is 297 g/mol. The van der Waals surface area contributed by atoms with E-state index in [2.05, 4.69) is 4.98 Å². The summed E-state index contributed by atoms with van der Waals surface area (Å²) in [6, 6.07) is 0. The first-order valence-corrected chi connectivity index (χ1v) is 7.69. The number of thiazole rings is 1. The van der Waals surface area contributed by atoms with Crippen LogP contribution in [0.25, 0.3) is 0 Å². The molecule has 0 atom stereocenters. The van der Waals surface area contributed by atoms with Crippen LogP contribution < -0.4 is 0 Å². The van der Waals surface area contributed by atoms with Gasteiger partial charge in [-0.05, 0) is 13.8 Å². The van der Waals surface area contributed by atoms with E-state index in [1.54, 1.807) is 0 Å². The van der Waals surface area contributed by atoms with E-state index in [1.165, 1.54) is 10.5 Å². The number of nitrogens with zero attached hydrogens (tertiary/aromatic N) is 2. The zero-order valence-electron chi connectivity index (χ0n) is 9.51. The molecule has 0 radical (unpaired) electrons. The van der Waals surface area contributed by atoms with E-state index in [4.69, 9.17) is 16.3 Å². The van der Waals surface area contributed by atoms with Gasteiger partial charge in [0.25, 0.3) is 10.0 Å². The van der Waals surface area contributed by atoms with Crippen molar-refractivity contribution in [3.05, 3.63) is 10.7 Å². The van der Waals surface area contributed by atoms with Crippen LogP contribution in [0.3, 0.4) is 0 Å². The molecule has 5 nitrogen and oxygen atoms in total. The first kappa shape index (κ1) is 13.2. The minimum atomic E-state index is -3.52. The van der Waals surface area contributed by atoms with Crippen LogP contribution in [-0.4, -0.2) is 43.0 Å². The molecule has 1 saturated heterocycles. The molecule has 17 heavy (non-hydrogen) atoms. The number of halogens is 1. The molecule has 1 fully saturated rings. The molecule has 0 saturated carbocycles. The number of ether oxygens (including phenoxy) is 1. The predicted molar refractivity (Wildman–Crippen MR) is 65.9 cm³/mol. The normalized spacial score (nSPS) is 21.6. The van der Waals surface area contributed by atoms with Crippen LogP contribution in [-0.2, 0) is 14.8 Å². The fourth-order valence-electron chi connectivity index (χ4n) is 1.76. The second-order valence-corrected chi connectivity index (χ2v) is 8.08. The Morgan fingerprint density at radius 3 is 2.82 bits per heavy atom. The summed E-state index contributed by atoms with van der Waals surface area (Å²) in [5, 5.41) is 0. The summed E-state index contributed by atoms with van der Waals surface area (Å²) >= 11 is 6.65. The Hall–Kier alpha value is -0.210. The number of hydrogen-bond acceptors (Lipinski definition) is 5. The average Bonchev–Trinajstić information content (AvgIpc) is 2.64. The summed E-state index contributed by atoms with van der Waals surface area (Å²) in [5.74, 6) is 0. The molecule has 0 N–H and O–H groups in total. The van der Waals surface area contributed by atoms with E-state index >= 15 is 0 Å². The second kappa shape index (κ2) is 4.47. The van der Waals surface area contributed by atoms with Gasteiger partial charge in [-0.25, -0.2) is 13.4 Å². The summed E-state index contributed by atoms with van der Waals surface area (Å²) in [4.78, 5) is 3.77. The standard InChI is InChI=1S/C9H13ClN2O3S2/c1-9(2)6-15-4-3-12(9)17(13,14)7-5-11-8(10)16-7/h5H,3-4,6H2,1-2H3. The lowest BCUT2D eigenvalue weighted by atomic mass is 10.1. The minimum absolute atomic E-state index is 0.178. The topological polar surface area (TPSA) is 59.5 Å². The third-order valence-electron chi connectivity index (χ3n) is 2.57. The van der Waals surface area contributed by atoms with E-state index in [1.807, 2.05) is 13.8 Å². The molecule has 1 aliphatic heterocycles. The van der Waals surface area contributed by atoms with Gasteiger partial charge in [0.15, 0.2) is 8.68 Å². The molecule has 1 aromatic rings. The molecule has 2 heterocycles. The highest BCUT2D eigenvalue weighted by Crippen LogP contribution is 2.31. The molecule has 0 bridgehead atoms. The van der Waals surface area contributed by atoms with Crippen molar-refractivity contribution in [3.8, 4) is 0 Å². The Kier molecular flexibility index (Phi) is 3.48. The predicted octanol–water partition coefficient (Wildman–Crippen LogP) is 1.60. The Morgan fingerprint density at radius 1 is 1.59 bits per heavy atom. The van der Waals surface area contributed by atoms with Crippen molar-refractivity contribution in [2.75, 3.05) is 19.8 Å². The maximum Gasteiger partial charge on any atom is 0.254 e. The molecule has 0 amide bonds. The lowest BCUT2D eigenvalue weighted by molar-refractivity contribution is -0.00762. The van der Waals surface area contributed by atoms with Gasteiger partial charge in [-0.1, -0.05) is 22.9 Å². The number of hydrogen-bond donors (Lipinski definition) is 0. The van der Waals surface area contributed by atoms with Gasteiger partial charge in [-0.3, -0.25) is 0 Å². The molecule has 0 aliphatic carbocycles. The van der Waals surface area contributed by atoms with Crippen molar-refractivity contribution in [1.82, 2.24) is 9.29 Å². The van der Waals surface area contributed by atoms with E-state index in [-0.39, 0.29) is 8.68 Å². The third kappa shape index (κ3) is 2.48. The summed E-state index contributed by atoms with van der Waals surface area (Å²) in [6.07, 6.45) is 1.30. The molecule has 0 unspecified atom stereocenters. The molecule has 2 rings (SSSR count). The molecule has 96 valence electrons. The van der Waals surface area contributed by atoms with Gasteiger partial charge in [0.1, 0.15) is 0 Å². The smallest absolute Gasteiger partial charge is 0.254 e. The van der Waals surface area contributed by atoms with Crippen molar-refractivity contribution in [2.45, 2.75) is 23.6 Å². The van der Waals surface area contributed by atoms with Gasteiger partial charge >= 0.3 is 0 Å². The second-order valence-electron chi connectivity index (χ2n) is 4.37. The Morgan fingerprint density at radius 2 is 2.29 bits per heavy atom. The van der Waals surface area contributed by atoms with Crippen molar-refractivity contribution in [3.63, 3.8) is 0 Å². The van der Waals surface area contributed by atoms with Crippen molar-refractivity contribution in [2.24, 2.45) is 0 Å². The van der Waals surface area contributed by atoms with Crippen LogP contribution >= 0.6 is 22.9 Å². The largest absolute Gasteiger partial charge is 0.378 e. The third-order valence-corrected chi connectivity index (χ3v) is 6.23. The monoisotopic (exact) mass is 296 g/mol. The van der Waals surface area contributed by atoms with Gasteiger partial charge in [0.05, 0.1) is 24.9 Å². The van der Waals surface area contributed by atoms with Gasteiger partial charge in [-0.2, -0.15) is 4.31 Å². The highest BCUT2D eigenvalue weighted by atomic mass is 35.5. The van der Waals surface area contributed by atoms with Gasteiger partial charge in [0.2, 0.25) is 0 Å². The highest BCUT2D eigenvalue weighted by Gasteiger charge is 2.40. The fraction of sp³-hybridized carbons (Fsp3) is 0.667. The molecule has 0 aromatic carbocycles. The minimum Gasteiger partial charge on any atom is -0.378 e. The van der Waals surface area contributed by atoms with Crippen molar-refractivity contribution >= 4 is 33.0 Å². The van der Waals surface area contributed by atoms with Crippen LogP contribution in [0.15, 0.2) is 10.4 Å². The van der Waals surface area contributed by atoms with E-state index < -0.39 is 15.6 Å². The van der Waals surface area contributed by atoms with Gasteiger partial charge < -0.3 is 4.74 Å². The number of sulfonamides is 1. The van der Waals surface area contributed by atoms with Gasteiger partial charge in [-0.15, -0.1) is 0 Å². The van der Waals surface area contributed by atoms with Crippen LogP contribution in [0.5, 0.6) is 0 Å². The molecular weight excluding hydrogens is 284 g/mol. The fourth-order valence-corrected chi connectivity index (χ4v) is 4.92. The van der Waals surface area contributed by atoms with E-state index in [9.17, 15) is 8.42 Å². The highest BCUT2D eigenvalue weighted by molar-refractivity contribution is 7.91. The molecule has 8 heteroatoms. The Labute approximate surface area is 109 Å². The number of aromatic nitrogens is 1. The first-order valence-electron chi connectivity index (χ1n) is 5.06. The maximum absolute atomic E-state index is 12.4. The molecular formula is C9H13ClN2O3S2. The first-order chi connectivity index (χ1) is 7.84. The number of morpholine rings is 1. The van der Waals surface area contributed by atoms with Crippen molar-refractivity contribution < 1.29 is 13.2 Å². The lowest BCUT2D eigenvalue weighted by Crippen LogP contribution is -2.55. The van der Waals surface area contributed by atoms with E-state index in [0.717, 1.165) is 11.3 Å². The lowest BCUT2D eigenvalue weighted by Gasteiger charge is -2.40.